The predicted molar refractivity (Wildman–Crippen MR) is 148 cm³/mol. The zero-order chi connectivity index (χ0) is 29.1. The van der Waals surface area contributed by atoms with E-state index in [2.05, 4.69) is 0 Å². The number of ether oxygens (including phenoxy) is 3. The highest BCUT2D eigenvalue weighted by molar-refractivity contribution is 7.88. The molecule has 4 rings (SSSR count). The summed E-state index contributed by atoms with van der Waals surface area (Å²) in [4.78, 5) is 12.0. The number of fused-ring (bicyclic) bond motifs is 3. The fourth-order valence-corrected chi connectivity index (χ4v) is 5.72. The molecule has 0 aromatic heterocycles. The Bertz CT molecular complexity index is 1490. The van der Waals surface area contributed by atoms with E-state index in [4.69, 9.17) is 19.3 Å². The van der Waals surface area contributed by atoms with Crippen molar-refractivity contribution in [3.8, 4) is 22.6 Å². The number of benzene rings is 3. The Labute approximate surface area is 233 Å². The van der Waals surface area contributed by atoms with Crippen molar-refractivity contribution < 1.29 is 36.2 Å². The van der Waals surface area contributed by atoms with Gasteiger partial charge in [0, 0.05) is 5.56 Å². The number of sulfonamides is 1. The highest BCUT2D eigenvalue weighted by Gasteiger charge is 2.31. The molecule has 0 saturated carbocycles. The number of methoxy groups -OCH3 is 1. The first kappa shape index (κ1) is 29.5. The maximum absolute atomic E-state index is 13.2. The van der Waals surface area contributed by atoms with Crippen molar-refractivity contribution in [2.75, 3.05) is 7.11 Å². The Balaban J connectivity index is 1.65. The number of rotatable bonds is 11. The number of hydrogen-bond donors (Lipinski definition) is 1. The Kier molecular flexibility index (Phi) is 8.80. The normalized spacial score (nSPS) is 14.7. The van der Waals surface area contributed by atoms with Crippen molar-refractivity contribution in [1.82, 2.24) is 0 Å². The summed E-state index contributed by atoms with van der Waals surface area (Å²) in [5.41, 5.74) is 3.40. The van der Waals surface area contributed by atoms with Crippen LogP contribution in [0, 0.1) is 5.41 Å². The largest absolute Gasteiger partial charge is 0.480 e. The van der Waals surface area contributed by atoms with Crippen LogP contribution in [-0.2, 0) is 31.7 Å². The van der Waals surface area contributed by atoms with Crippen molar-refractivity contribution >= 4 is 16.0 Å². The Morgan fingerprint density at radius 2 is 1.80 bits per heavy atom. The van der Waals surface area contributed by atoms with Crippen molar-refractivity contribution in [2.24, 2.45) is 10.6 Å². The second-order valence-corrected chi connectivity index (χ2v) is 12.2. The summed E-state index contributed by atoms with van der Waals surface area (Å²) >= 11 is 0. The Morgan fingerprint density at radius 3 is 2.50 bits per heavy atom. The molecule has 3 aromatic rings. The molecule has 1 atom stereocenters. The molecule has 0 spiro atoms. The molecule has 3 aromatic carbocycles. The lowest BCUT2D eigenvalue weighted by Gasteiger charge is -2.31. The Hall–Kier alpha value is -3.50. The van der Waals surface area contributed by atoms with Crippen LogP contribution in [0.5, 0.6) is 11.5 Å². The minimum atomic E-state index is -3.80. The summed E-state index contributed by atoms with van der Waals surface area (Å²) < 4.78 is 66.0. The molecule has 1 aliphatic rings. The molecule has 1 unspecified atom stereocenters. The number of carbonyl (C=O) groups excluding carboxylic acids is 1. The molecule has 0 saturated heterocycles. The number of carbonyl (C=O) groups is 1. The van der Waals surface area contributed by atoms with Crippen molar-refractivity contribution in [3.05, 3.63) is 82.9 Å². The minimum Gasteiger partial charge on any atom is -0.480 e. The number of alkyl halides is 2. The van der Waals surface area contributed by atoms with Crippen LogP contribution in [0.25, 0.3) is 11.1 Å². The van der Waals surface area contributed by atoms with Crippen LogP contribution in [0.4, 0.5) is 8.78 Å². The van der Waals surface area contributed by atoms with Crippen LogP contribution in [-0.4, -0.2) is 28.1 Å². The molecule has 2 N–H and O–H groups in total. The van der Waals surface area contributed by atoms with E-state index in [0.29, 0.717) is 34.4 Å². The molecule has 40 heavy (non-hydrogen) atoms. The monoisotopic (exact) mass is 573 g/mol. The molecule has 0 radical (unpaired) electrons. The second kappa shape index (κ2) is 11.9. The van der Waals surface area contributed by atoms with Gasteiger partial charge in [0.05, 0.1) is 23.8 Å². The van der Waals surface area contributed by atoms with Crippen LogP contribution in [0.3, 0.4) is 0 Å². The van der Waals surface area contributed by atoms with Gasteiger partial charge in [-0.1, -0.05) is 55.0 Å². The lowest BCUT2D eigenvalue weighted by molar-refractivity contribution is -0.151. The lowest BCUT2D eigenvalue weighted by Crippen LogP contribution is -2.25. The molecule has 0 aliphatic carbocycles. The molecule has 0 amide bonds. The predicted octanol–water partition coefficient (Wildman–Crippen LogP) is 6.14. The molecular formula is C30H33F2NO6S. The fourth-order valence-electron chi connectivity index (χ4n) is 5.07. The third kappa shape index (κ3) is 6.98. The second-order valence-electron chi connectivity index (χ2n) is 10.6. The lowest BCUT2D eigenvalue weighted by atomic mass is 9.86. The average Bonchev–Trinajstić information content (AvgIpc) is 2.89. The maximum Gasteiger partial charge on any atom is 0.387 e. The number of hydrogen-bond acceptors (Lipinski definition) is 6. The number of esters is 1. The molecular weight excluding hydrogens is 540 g/mol. The molecule has 0 bridgehead atoms. The van der Waals surface area contributed by atoms with Gasteiger partial charge in [-0.15, -0.1) is 0 Å². The topological polar surface area (TPSA) is 105 Å². The first-order valence-corrected chi connectivity index (χ1v) is 14.6. The van der Waals surface area contributed by atoms with E-state index < -0.39 is 28.2 Å². The quantitative estimate of drug-likeness (QED) is 0.218. The zero-order valence-electron chi connectivity index (χ0n) is 22.7. The number of unbranched alkanes of at least 4 members (excludes halogenated alkanes) is 1. The first-order valence-electron chi connectivity index (χ1n) is 12.9. The van der Waals surface area contributed by atoms with Crippen molar-refractivity contribution in [2.45, 2.75) is 58.0 Å². The summed E-state index contributed by atoms with van der Waals surface area (Å²) in [6.07, 6.45) is 2.56. The SMILES string of the molecule is COC(=O)C(C)(C)CCCCc1cccc(C2Oc3cccc(OC(F)F)c3-c3ccc(CS(N)(=O)=O)cc32)c1. The fraction of sp³-hybridized carbons (Fsp3) is 0.367. The number of primary sulfonamides is 1. The van der Waals surface area contributed by atoms with Crippen LogP contribution in [0.15, 0.2) is 60.7 Å². The maximum atomic E-state index is 13.2. The van der Waals surface area contributed by atoms with Crippen LogP contribution >= 0.6 is 0 Å². The van der Waals surface area contributed by atoms with Gasteiger partial charge < -0.3 is 14.2 Å². The van der Waals surface area contributed by atoms with E-state index in [9.17, 15) is 22.0 Å². The molecule has 1 heterocycles. The Morgan fingerprint density at radius 1 is 1.05 bits per heavy atom. The van der Waals surface area contributed by atoms with Gasteiger partial charge in [-0.05, 0) is 67.5 Å². The van der Waals surface area contributed by atoms with E-state index in [1.165, 1.54) is 13.2 Å². The third-order valence-corrected chi connectivity index (χ3v) is 7.73. The smallest absolute Gasteiger partial charge is 0.387 e. The van der Waals surface area contributed by atoms with Crippen molar-refractivity contribution in [1.29, 1.82) is 0 Å². The zero-order valence-corrected chi connectivity index (χ0v) is 23.5. The van der Waals surface area contributed by atoms with Crippen molar-refractivity contribution in [3.63, 3.8) is 0 Å². The molecule has 10 heteroatoms. The molecule has 7 nitrogen and oxygen atoms in total. The van der Waals surface area contributed by atoms with E-state index in [-0.39, 0.29) is 17.5 Å². The first-order chi connectivity index (χ1) is 18.9. The highest BCUT2D eigenvalue weighted by Crippen LogP contribution is 2.49. The minimum absolute atomic E-state index is 0.0324. The van der Waals surface area contributed by atoms with Gasteiger partial charge in [-0.2, -0.15) is 8.78 Å². The molecule has 214 valence electrons. The van der Waals surface area contributed by atoms with Gasteiger partial charge in [0.15, 0.2) is 0 Å². The summed E-state index contributed by atoms with van der Waals surface area (Å²) in [5.74, 6) is -0.260. The van der Waals surface area contributed by atoms with Crippen LogP contribution in [0.2, 0.25) is 0 Å². The van der Waals surface area contributed by atoms with Gasteiger partial charge >= 0.3 is 12.6 Å². The van der Waals surface area contributed by atoms with Crippen LogP contribution in [0.1, 0.15) is 61.5 Å². The third-order valence-electron chi connectivity index (χ3n) is 6.99. The standard InChI is InChI=1S/C30H33F2NO6S/c1-30(2,28(34)37-3)15-5-4-8-19-9-6-10-21(16-19)27-23-17-20(18-40(33,35)36)13-14-22(23)26-24(38-27)11-7-12-25(26)39-29(31)32/h6-7,9-14,16-17,27,29H,4-5,8,15,18H2,1-3H3,(H2,33,35,36). The number of halogens is 2. The summed E-state index contributed by atoms with van der Waals surface area (Å²) in [5, 5.41) is 5.29. The molecule has 0 fully saturated rings. The highest BCUT2D eigenvalue weighted by atomic mass is 32.2. The van der Waals surface area contributed by atoms with E-state index >= 15 is 0 Å². The van der Waals surface area contributed by atoms with Gasteiger partial charge in [0.2, 0.25) is 10.0 Å². The van der Waals surface area contributed by atoms with Crippen LogP contribution < -0.4 is 14.6 Å². The number of nitrogens with two attached hydrogens (primary N) is 1. The molecule has 1 aliphatic heterocycles. The van der Waals surface area contributed by atoms with E-state index in [1.807, 2.05) is 38.1 Å². The summed E-state index contributed by atoms with van der Waals surface area (Å²) in [7, 11) is -2.41. The average molecular weight is 574 g/mol. The van der Waals surface area contributed by atoms with E-state index in [0.717, 1.165) is 30.4 Å². The van der Waals surface area contributed by atoms with Gasteiger partial charge in [0.1, 0.15) is 17.6 Å². The van der Waals surface area contributed by atoms with Gasteiger partial charge in [-0.25, -0.2) is 13.6 Å². The summed E-state index contributed by atoms with van der Waals surface area (Å²) in [6, 6.07) is 17.6. The van der Waals surface area contributed by atoms with E-state index in [1.54, 1.807) is 30.3 Å². The summed E-state index contributed by atoms with van der Waals surface area (Å²) in [6.45, 7) is 0.720. The number of aryl methyl sites for hydroxylation is 1. The van der Waals surface area contributed by atoms with Gasteiger partial charge in [0.25, 0.3) is 0 Å². The van der Waals surface area contributed by atoms with Gasteiger partial charge in [-0.3, -0.25) is 4.79 Å².